The van der Waals surface area contributed by atoms with Gasteiger partial charge in [0.05, 0.1) is 13.2 Å². The second kappa shape index (κ2) is 10.8. The summed E-state index contributed by atoms with van der Waals surface area (Å²) in [5.41, 5.74) is 7.99. The number of nitrogens with one attached hydrogen (secondary N) is 1. The third-order valence-electron chi connectivity index (χ3n) is 3.34. The number of guanidine groups is 1. The fraction of sp³-hybridized carbons (Fsp3) is 0.316. The Morgan fingerprint density at radius 1 is 1.04 bits per heavy atom. The van der Waals surface area contributed by atoms with Crippen LogP contribution in [0.3, 0.4) is 0 Å². The van der Waals surface area contributed by atoms with Gasteiger partial charge in [-0.05, 0) is 62.2 Å². The van der Waals surface area contributed by atoms with E-state index in [2.05, 4.69) is 22.4 Å². The molecule has 2 aromatic rings. The summed E-state index contributed by atoms with van der Waals surface area (Å²) in [4.78, 5) is 4.35. The van der Waals surface area contributed by atoms with Crippen LogP contribution in [0.25, 0.3) is 0 Å². The van der Waals surface area contributed by atoms with E-state index < -0.39 is 0 Å². The molecular formula is C19H26IN3O2. The van der Waals surface area contributed by atoms with Crippen molar-refractivity contribution in [2.75, 3.05) is 19.0 Å². The third kappa shape index (κ3) is 7.64. The van der Waals surface area contributed by atoms with Crippen LogP contribution in [0.5, 0.6) is 11.5 Å². The highest BCUT2D eigenvalue weighted by molar-refractivity contribution is 14.0. The van der Waals surface area contributed by atoms with Crippen molar-refractivity contribution in [3.8, 4) is 11.5 Å². The van der Waals surface area contributed by atoms with Crippen molar-refractivity contribution in [3.05, 3.63) is 54.1 Å². The molecule has 136 valence electrons. The van der Waals surface area contributed by atoms with Crippen LogP contribution in [0.2, 0.25) is 0 Å². The van der Waals surface area contributed by atoms with Crippen LogP contribution in [0.4, 0.5) is 5.69 Å². The Labute approximate surface area is 166 Å². The van der Waals surface area contributed by atoms with Crippen molar-refractivity contribution in [3.63, 3.8) is 0 Å². The van der Waals surface area contributed by atoms with Crippen LogP contribution in [0, 0.1) is 0 Å². The largest absolute Gasteiger partial charge is 0.497 e. The Balaban J connectivity index is 0.00000312. The fourth-order valence-corrected chi connectivity index (χ4v) is 2.17. The number of nitrogens with zero attached hydrogens (tertiary/aromatic N) is 1. The molecule has 0 atom stereocenters. The number of ether oxygens (including phenoxy) is 2. The van der Waals surface area contributed by atoms with Gasteiger partial charge in [0.15, 0.2) is 5.96 Å². The molecule has 0 aliphatic carbocycles. The maximum absolute atomic E-state index is 5.91. The Bertz CT molecular complexity index is 655. The molecule has 6 heteroatoms. The standard InChI is InChI=1S/C19H25N3O2.HI/c1-14(2)24-18-8-4-15(5-9-18)12-13-21-19(20)22-16-6-10-17(23-3)11-7-16;/h4-11,14H,12-13H2,1-3H3,(H3,20,21,22);1H. The van der Waals surface area contributed by atoms with Crippen LogP contribution < -0.4 is 20.5 Å². The molecule has 0 heterocycles. The lowest BCUT2D eigenvalue weighted by atomic mass is 10.1. The van der Waals surface area contributed by atoms with E-state index in [4.69, 9.17) is 15.2 Å². The van der Waals surface area contributed by atoms with Gasteiger partial charge in [-0.2, -0.15) is 0 Å². The average molecular weight is 455 g/mol. The summed E-state index contributed by atoms with van der Waals surface area (Å²) in [6.45, 7) is 4.65. The van der Waals surface area contributed by atoms with Crippen LogP contribution in [-0.4, -0.2) is 25.7 Å². The van der Waals surface area contributed by atoms with E-state index in [0.29, 0.717) is 12.5 Å². The molecule has 0 spiro atoms. The first-order valence-corrected chi connectivity index (χ1v) is 8.03. The van der Waals surface area contributed by atoms with Crippen LogP contribution >= 0.6 is 24.0 Å². The molecule has 0 amide bonds. The molecule has 0 radical (unpaired) electrons. The molecule has 0 unspecified atom stereocenters. The summed E-state index contributed by atoms with van der Waals surface area (Å²) >= 11 is 0. The predicted molar refractivity (Wildman–Crippen MR) is 114 cm³/mol. The Kier molecular flexibility index (Phi) is 9.12. The van der Waals surface area contributed by atoms with Gasteiger partial charge < -0.3 is 20.5 Å². The highest BCUT2D eigenvalue weighted by Crippen LogP contribution is 2.15. The molecule has 0 fully saturated rings. The van der Waals surface area contributed by atoms with Gasteiger partial charge in [0.25, 0.3) is 0 Å². The molecule has 2 aromatic carbocycles. The summed E-state index contributed by atoms with van der Waals surface area (Å²) in [7, 11) is 1.64. The minimum absolute atomic E-state index is 0. The number of benzene rings is 2. The SMILES string of the molecule is COc1ccc(NC(N)=NCCc2ccc(OC(C)C)cc2)cc1.I. The smallest absolute Gasteiger partial charge is 0.193 e. The molecule has 0 aliphatic rings. The van der Waals surface area contributed by atoms with Crippen LogP contribution in [0.15, 0.2) is 53.5 Å². The quantitative estimate of drug-likeness (QED) is 0.375. The highest BCUT2D eigenvalue weighted by Gasteiger charge is 1.99. The van der Waals surface area contributed by atoms with Gasteiger partial charge in [-0.25, -0.2) is 0 Å². The maximum atomic E-state index is 5.91. The van der Waals surface area contributed by atoms with Gasteiger partial charge in [0.1, 0.15) is 11.5 Å². The van der Waals surface area contributed by atoms with Crippen LogP contribution in [-0.2, 0) is 6.42 Å². The molecule has 0 bridgehead atoms. The van der Waals surface area contributed by atoms with Crippen molar-refractivity contribution in [1.29, 1.82) is 0 Å². The lowest BCUT2D eigenvalue weighted by Gasteiger charge is -2.10. The molecule has 3 N–H and O–H groups in total. The normalized spacial score (nSPS) is 11.0. The second-order valence-corrected chi connectivity index (χ2v) is 5.68. The van der Waals surface area contributed by atoms with Crippen molar-refractivity contribution < 1.29 is 9.47 Å². The summed E-state index contributed by atoms with van der Waals surface area (Å²) in [6, 6.07) is 15.6. The Hall–Kier alpha value is -1.96. The van der Waals surface area contributed by atoms with E-state index in [0.717, 1.165) is 23.6 Å². The van der Waals surface area contributed by atoms with Crippen molar-refractivity contribution >= 4 is 35.6 Å². The predicted octanol–water partition coefficient (Wildman–Crippen LogP) is 4.07. The molecule has 0 saturated carbocycles. The van der Waals surface area contributed by atoms with E-state index in [1.807, 2.05) is 50.2 Å². The molecule has 5 nitrogen and oxygen atoms in total. The van der Waals surface area contributed by atoms with Gasteiger partial charge in [-0.15, -0.1) is 24.0 Å². The fourth-order valence-electron chi connectivity index (χ4n) is 2.17. The number of nitrogens with two attached hydrogens (primary N) is 1. The zero-order chi connectivity index (χ0) is 17.4. The van der Waals surface area contributed by atoms with Crippen molar-refractivity contribution in [2.24, 2.45) is 10.7 Å². The van der Waals surface area contributed by atoms with E-state index in [-0.39, 0.29) is 30.1 Å². The van der Waals surface area contributed by atoms with Gasteiger partial charge in [0, 0.05) is 12.2 Å². The van der Waals surface area contributed by atoms with Gasteiger partial charge in [0.2, 0.25) is 0 Å². The second-order valence-electron chi connectivity index (χ2n) is 5.68. The molecule has 0 saturated heterocycles. The number of rotatable bonds is 7. The third-order valence-corrected chi connectivity index (χ3v) is 3.34. The molecule has 25 heavy (non-hydrogen) atoms. The van der Waals surface area contributed by atoms with E-state index in [1.165, 1.54) is 5.56 Å². The van der Waals surface area contributed by atoms with Gasteiger partial charge in [-0.3, -0.25) is 4.99 Å². The Morgan fingerprint density at radius 3 is 2.20 bits per heavy atom. The van der Waals surface area contributed by atoms with E-state index in [9.17, 15) is 0 Å². The van der Waals surface area contributed by atoms with E-state index in [1.54, 1.807) is 7.11 Å². The topological polar surface area (TPSA) is 68.9 Å². The van der Waals surface area contributed by atoms with Crippen LogP contribution in [0.1, 0.15) is 19.4 Å². The summed E-state index contributed by atoms with van der Waals surface area (Å²) in [6.07, 6.45) is 1.01. The summed E-state index contributed by atoms with van der Waals surface area (Å²) < 4.78 is 10.7. The molecular weight excluding hydrogens is 429 g/mol. The van der Waals surface area contributed by atoms with Gasteiger partial charge in [-0.1, -0.05) is 12.1 Å². The van der Waals surface area contributed by atoms with Crippen molar-refractivity contribution in [1.82, 2.24) is 0 Å². The lowest BCUT2D eigenvalue weighted by Crippen LogP contribution is -2.23. The average Bonchev–Trinajstić information content (AvgIpc) is 2.57. The number of anilines is 1. The zero-order valence-corrected chi connectivity index (χ0v) is 17.2. The summed E-state index contributed by atoms with van der Waals surface area (Å²) in [5.74, 6) is 2.10. The first kappa shape index (κ1) is 21.1. The molecule has 0 aromatic heterocycles. The number of hydrogen-bond donors (Lipinski definition) is 2. The van der Waals surface area contributed by atoms with Gasteiger partial charge >= 0.3 is 0 Å². The molecule has 2 rings (SSSR count). The highest BCUT2D eigenvalue weighted by atomic mass is 127. The Morgan fingerprint density at radius 2 is 1.64 bits per heavy atom. The minimum atomic E-state index is 0. The van der Waals surface area contributed by atoms with E-state index >= 15 is 0 Å². The first-order chi connectivity index (χ1) is 11.6. The maximum Gasteiger partial charge on any atom is 0.193 e. The summed E-state index contributed by atoms with van der Waals surface area (Å²) in [5, 5.41) is 3.06. The zero-order valence-electron chi connectivity index (χ0n) is 14.9. The number of methoxy groups -OCH3 is 1. The first-order valence-electron chi connectivity index (χ1n) is 8.03. The molecule has 0 aliphatic heterocycles. The monoisotopic (exact) mass is 455 g/mol. The van der Waals surface area contributed by atoms with Crippen molar-refractivity contribution in [2.45, 2.75) is 26.4 Å². The lowest BCUT2D eigenvalue weighted by molar-refractivity contribution is 0.242. The number of halogens is 1. The number of hydrogen-bond acceptors (Lipinski definition) is 3. The number of aliphatic imine (C=N–C) groups is 1. The minimum Gasteiger partial charge on any atom is -0.497 e.